The number of alkyl carbamates (subject to hydrolysis) is 1. The number of rotatable bonds is 12. The van der Waals surface area contributed by atoms with E-state index in [2.05, 4.69) is 20.2 Å². The fourth-order valence-corrected chi connectivity index (χ4v) is 11.2. The Labute approximate surface area is 404 Å². The van der Waals surface area contributed by atoms with Crippen molar-refractivity contribution in [2.75, 3.05) is 43.1 Å². The smallest absolute Gasteiger partial charge is 0.418 e. The van der Waals surface area contributed by atoms with Crippen LogP contribution in [0.15, 0.2) is 54.6 Å². The van der Waals surface area contributed by atoms with E-state index in [0.717, 1.165) is 54.3 Å². The number of ether oxygens (including phenoxy) is 2. The van der Waals surface area contributed by atoms with Gasteiger partial charge in [0.15, 0.2) is 6.10 Å². The summed E-state index contributed by atoms with van der Waals surface area (Å²) in [4.78, 5) is 75.9. The lowest BCUT2D eigenvalue weighted by Gasteiger charge is -2.35. The maximum atomic E-state index is 15.2. The van der Waals surface area contributed by atoms with Gasteiger partial charge in [-0.2, -0.15) is 13.2 Å². The minimum absolute atomic E-state index is 0.188. The van der Waals surface area contributed by atoms with Crippen LogP contribution in [0.3, 0.4) is 0 Å². The van der Waals surface area contributed by atoms with Gasteiger partial charge in [-0.15, -0.1) is 0 Å². The van der Waals surface area contributed by atoms with Gasteiger partial charge in [0.25, 0.3) is 5.91 Å². The third-order valence-electron chi connectivity index (χ3n) is 14.7. The molecule has 4 saturated heterocycles. The molecule has 5 aromatic rings. The number of anilines is 2. The fourth-order valence-electron chi connectivity index (χ4n) is 11.2. The number of methoxy groups -OCH3 is 1. The van der Waals surface area contributed by atoms with Crippen molar-refractivity contribution in [2.24, 2.45) is 17.6 Å². The summed E-state index contributed by atoms with van der Waals surface area (Å²) in [6.07, 6.45) is -0.574. The first-order valence-corrected chi connectivity index (χ1v) is 24.7. The van der Waals surface area contributed by atoms with Crippen LogP contribution in [0.25, 0.3) is 22.1 Å². The van der Waals surface area contributed by atoms with Gasteiger partial charge >= 0.3 is 18.4 Å². The summed E-state index contributed by atoms with van der Waals surface area (Å²) in [6.45, 7) is 9.42. The van der Waals surface area contributed by atoms with Crippen molar-refractivity contribution in [3.05, 3.63) is 82.9 Å². The molecule has 19 heteroatoms. The van der Waals surface area contributed by atoms with Gasteiger partial charge in [-0.1, -0.05) is 39.8 Å². The van der Waals surface area contributed by atoms with Gasteiger partial charge in [-0.3, -0.25) is 9.59 Å². The number of alkyl halides is 3. The lowest BCUT2D eigenvalue weighted by molar-refractivity contribution is -0.143. The molecular weight excluding hydrogens is 906 g/mol. The molecule has 0 bridgehead atoms. The van der Waals surface area contributed by atoms with Crippen LogP contribution < -0.4 is 20.9 Å². The van der Waals surface area contributed by atoms with Crippen molar-refractivity contribution >= 4 is 57.4 Å². The second-order valence-corrected chi connectivity index (χ2v) is 19.9. The van der Waals surface area contributed by atoms with Crippen LogP contribution in [-0.2, 0) is 25.2 Å². The molecule has 9 rings (SSSR count). The molecule has 16 nitrogen and oxygen atoms in total. The Kier molecular flexibility index (Phi) is 13.6. The highest BCUT2D eigenvalue weighted by atomic mass is 19.4. The largest absolute Gasteiger partial charge is 0.453 e. The molecule has 0 saturated carbocycles. The van der Waals surface area contributed by atoms with Crippen molar-refractivity contribution < 1.29 is 41.8 Å². The number of carbonyl (C=O) groups excluding carboxylic acids is 4. The molecule has 70 heavy (non-hydrogen) atoms. The Balaban J connectivity index is 1.06. The summed E-state index contributed by atoms with van der Waals surface area (Å²) < 4.78 is 55.7. The van der Waals surface area contributed by atoms with Crippen LogP contribution >= 0.6 is 0 Å². The van der Waals surface area contributed by atoms with E-state index in [9.17, 15) is 19.2 Å². The summed E-state index contributed by atoms with van der Waals surface area (Å²) >= 11 is 0. The van der Waals surface area contributed by atoms with Crippen LogP contribution in [-0.4, -0.2) is 99.2 Å². The maximum absolute atomic E-state index is 15.2. The number of primary amides is 1. The van der Waals surface area contributed by atoms with Gasteiger partial charge in [0.05, 0.1) is 58.9 Å². The number of carbonyl (C=O) groups is 4. The number of hydrogen-bond donors (Lipinski definition) is 4. The summed E-state index contributed by atoms with van der Waals surface area (Å²) in [5, 5.41) is 2.70. The minimum Gasteiger partial charge on any atom is -0.453 e. The van der Waals surface area contributed by atoms with Gasteiger partial charge < -0.3 is 50.1 Å². The number of nitrogens with one attached hydrogen (secondary N) is 3. The van der Waals surface area contributed by atoms with E-state index in [1.165, 1.54) is 13.2 Å². The number of piperidine rings is 1. The molecule has 4 aliphatic rings. The van der Waals surface area contributed by atoms with E-state index in [1.807, 2.05) is 61.2 Å². The Morgan fingerprint density at radius 1 is 0.700 bits per heavy atom. The number of H-pyrrole nitrogens is 2. The predicted octanol–water partition coefficient (Wildman–Crippen LogP) is 9.36. The molecular formula is C51H63F3N10O6. The van der Waals surface area contributed by atoms with E-state index < -0.39 is 36.1 Å². The first-order valence-electron chi connectivity index (χ1n) is 24.7. The van der Waals surface area contributed by atoms with Crippen molar-refractivity contribution in [1.29, 1.82) is 0 Å². The summed E-state index contributed by atoms with van der Waals surface area (Å²) in [5.41, 5.74) is 9.96. The molecule has 374 valence electrons. The number of amides is 4. The number of nitrogens with zero attached hydrogens (tertiary/aromatic N) is 6. The van der Waals surface area contributed by atoms with Gasteiger partial charge in [0.2, 0.25) is 5.91 Å². The summed E-state index contributed by atoms with van der Waals surface area (Å²) in [5.74, 6) is 0.184. The minimum atomic E-state index is -4.60. The van der Waals surface area contributed by atoms with Gasteiger partial charge in [-0.25, -0.2) is 19.6 Å². The number of hydrogen-bond acceptors (Lipinski definition) is 10. The molecule has 3 aromatic carbocycles. The van der Waals surface area contributed by atoms with Gasteiger partial charge in [0.1, 0.15) is 17.7 Å². The van der Waals surface area contributed by atoms with E-state index in [4.69, 9.17) is 25.2 Å². The number of aromatic amines is 2. The maximum Gasteiger partial charge on any atom is 0.418 e. The van der Waals surface area contributed by atoms with E-state index >= 15 is 13.2 Å². The lowest BCUT2D eigenvalue weighted by atomic mass is 10.0. The first kappa shape index (κ1) is 48.5. The highest BCUT2D eigenvalue weighted by Gasteiger charge is 2.42. The van der Waals surface area contributed by atoms with Crippen LogP contribution in [0.1, 0.15) is 138 Å². The lowest BCUT2D eigenvalue weighted by Crippen LogP contribution is -2.51. The number of imidazole rings is 2. The Morgan fingerprint density at radius 3 is 1.76 bits per heavy atom. The third kappa shape index (κ3) is 9.54. The Hall–Kier alpha value is -6.53. The normalized spacial score (nSPS) is 21.9. The highest BCUT2D eigenvalue weighted by Crippen LogP contribution is 2.50. The second-order valence-electron chi connectivity index (χ2n) is 19.9. The summed E-state index contributed by atoms with van der Waals surface area (Å²) in [7, 11) is 1.26. The number of likely N-dealkylation sites (tertiary alicyclic amines) is 2. The zero-order chi connectivity index (χ0) is 49.6. The number of benzene rings is 3. The third-order valence-corrected chi connectivity index (χ3v) is 14.7. The van der Waals surface area contributed by atoms with Gasteiger partial charge in [0, 0.05) is 37.6 Å². The van der Waals surface area contributed by atoms with Crippen LogP contribution in [0.5, 0.6) is 0 Å². The van der Waals surface area contributed by atoms with Crippen molar-refractivity contribution in [3.8, 4) is 0 Å². The predicted molar refractivity (Wildman–Crippen MR) is 258 cm³/mol. The number of aromatic nitrogens is 4. The number of halogens is 3. The molecule has 5 N–H and O–H groups in total. The molecule has 0 unspecified atom stereocenters. The van der Waals surface area contributed by atoms with Crippen LogP contribution in [0, 0.1) is 11.8 Å². The van der Waals surface area contributed by atoms with E-state index in [1.54, 1.807) is 29.7 Å². The molecule has 4 fully saturated rings. The zero-order valence-electron chi connectivity index (χ0n) is 40.4. The molecule has 4 amide bonds. The molecule has 0 spiro atoms. The molecule has 2 aromatic heterocycles. The van der Waals surface area contributed by atoms with Crippen LogP contribution in [0.2, 0.25) is 0 Å². The second kappa shape index (κ2) is 19.7. The average Bonchev–Trinajstić information content (AvgIpc) is 4.20. The van der Waals surface area contributed by atoms with E-state index in [-0.39, 0.29) is 53.5 Å². The molecule has 6 heterocycles. The Morgan fingerprint density at radius 2 is 1.26 bits per heavy atom. The standard InChI is InChI=1S/C51H63F3N10O6/c1-28(2)43(60-50(68)69-5)47(65)62-23-9-11-41(62)45-56-34-16-13-30(25-36(34)58-45)38-19-20-39(64(38)32-15-18-40(33(27-32)51(52,53)54)61-21-7-6-8-22-61)31-14-17-35-37(26-31)59-46(57-35)42-12-10-24-63(42)48(66)44(29(3)4)70-49(55)67/h13-18,25-29,38-39,41-44H,6-12,19-24H2,1-5H3,(H2,55,67)(H,56,58)(H,57,59)(H,60,68)/t38-,39-,41+,42+,43+,44+/m1/s1. The summed E-state index contributed by atoms with van der Waals surface area (Å²) in [6, 6.07) is 14.4. The van der Waals surface area contributed by atoms with E-state index in [0.29, 0.717) is 80.2 Å². The highest BCUT2D eigenvalue weighted by molar-refractivity contribution is 5.87. The number of nitrogens with two attached hydrogens (primary N) is 1. The topological polar surface area (TPSA) is 195 Å². The number of fused-ring (bicyclic) bond motifs is 2. The Bertz CT molecular complexity index is 2750. The van der Waals surface area contributed by atoms with Crippen molar-refractivity contribution in [3.63, 3.8) is 0 Å². The van der Waals surface area contributed by atoms with Gasteiger partial charge in [-0.05, 0) is 123 Å². The molecule has 0 radical (unpaired) electrons. The average molecular weight is 969 g/mol. The zero-order valence-corrected chi connectivity index (χ0v) is 40.4. The SMILES string of the molecule is COC(=O)N[C@H](C(=O)N1CCC[C@H]1c1nc2ccc([C@H]3CC[C@H](c4ccc5nc([C@@H]6CCCN6C(=O)[C@@H](OC(N)=O)C(C)C)[nH]c5c4)N3c3ccc(N4CCCCC4)c(C(F)(F)F)c3)cc2[nH]1)C(C)C. The quantitative estimate of drug-likeness (QED) is 0.0936. The monoisotopic (exact) mass is 968 g/mol. The molecule has 6 atom stereocenters. The fraction of sp³-hybridized carbons (Fsp3) is 0.529. The van der Waals surface area contributed by atoms with Crippen LogP contribution in [0.4, 0.5) is 34.1 Å². The first-order chi connectivity index (χ1) is 33.5. The molecule has 4 aliphatic heterocycles. The van der Waals surface area contributed by atoms with Crippen molar-refractivity contribution in [1.82, 2.24) is 35.1 Å². The molecule has 0 aliphatic carbocycles. The van der Waals surface area contributed by atoms with Crippen molar-refractivity contribution in [2.45, 2.75) is 128 Å².